The van der Waals surface area contributed by atoms with Crippen LogP contribution >= 0.6 is 15.9 Å². The molecule has 0 heterocycles. The molecule has 1 atom stereocenters. The highest BCUT2D eigenvalue weighted by molar-refractivity contribution is 9.10. The highest BCUT2D eigenvalue weighted by Gasteiger charge is 2.09. The zero-order valence-electron chi connectivity index (χ0n) is 10.5. The van der Waals surface area contributed by atoms with Crippen LogP contribution in [0.25, 0.3) is 0 Å². The highest BCUT2D eigenvalue weighted by atomic mass is 79.9. The summed E-state index contributed by atoms with van der Waals surface area (Å²) >= 11 is 3.49. The van der Waals surface area contributed by atoms with Gasteiger partial charge in [-0.25, -0.2) is 8.78 Å². The molecule has 0 radical (unpaired) electrons. The Bertz CT molecular complexity index is 572. The van der Waals surface area contributed by atoms with Gasteiger partial charge in [-0.1, -0.05) is 40.2 Å². The van der Waals surface area contributed by atoms with Crippen molar-refractivity contribution in [1.29, 1.82) is 0 Å². The molecule has 0 aliphatic rings. The Kier molecular flexibility index (Phi) is 4.66. The van der Waals surface area contributed by atoms with E-state index in [1.807, 2.05) is 31.2 Å². The van der Waals surface area contributed by atoms with Crippen LogP contribution in [0.15, 0.2) is 46.9 Å². The van der Waals surface area contributed by atoms with Crippen molar-refractivity contribution in [2.24, 2.45) is 0 Å². The Hall–Kier alpha value is -1.26. The van der Waals surface area contributed by atoms with Gasteiger partial charge in [0.2, 0.25) is 0 Å². The third kappa shape index (κ3) is 3.61. The molecule has 4 heteroatoms. The Morgan fingerprint density at radius 2 is 1.84 bits per heavy atom. The van der Waals surface area contributed by atoms with Gasteiger partial charge >= 0.3 is 0 Å². The first-order chi connectivity index (χ1) is 9.08. The van der Waals surface area contributed by atoms with Gasteiger partial charge in [0.1, 0.15) is 0 Å². The fourth-order valence-electron chi connectivity index (χ4n) is 1.86. The summed E-state index contributed by atoms with van der Waals surface area (Å²) in [7, 11) is 0. The summed E-state index contributed by atoms with van der Waals surface area (Å²) in [6.45, 7) is 2.51. The zero-order valence-corrected chi connectivity index (χ0v) is 12.0. The van der Waals surface area contributed by atoms with Crippen molar-refractivity contribution in [1.82, 2.24) is 5.32 Å². The van der Waals surface area contributed by atoms with E-state index < -0.39 is 11.6 Å². The van der Waals surface area contributed by atoms with Crippen molar-refractivity contribution in [3.63, 3.8) is 0 Å². The summed E-state index contributed by atoms with van der Waals surface area (Å²) in [5, 5.41) is 3.28. The molecule has 0 amide bonds. The Labute approximate surface area is 119 Å². The fourth-order valence-corrected chi connectivity index (χ4v) is 2.48. The fraction of sp³-hybridized carbons (Fsp3) is 0.200. The number of hydrogen-bond donors (Lipinski definition) is 1. The first kappa shape index (κ1) is 14.2. The maximum absolute atomic E-state index is 13.1. The summed E-state index contributed by atoms with van der Waals surface area (Å²) in [6, 6.07) is 12.0. The molecule has 0 saturated heterocycles. The average molecular weight is 326 g/mol. The van der Waals surface area contributed by atoms with Crippen LogP contribution in [0.5, 0.6) is 0 Å². The van der Waals surface area contributed by atoms with E-state index in [1.54, 1.807) is 6.07 Å². The first-order valence-corrected chi connectivity index (χ1v) is 6.79. The molecule has 0 fully saturated rings. The van der Waals surface area contributed by atoms with Crippen molar-refractivity contribution >= 4 is 15.9 Å². The van der Waals surface area contributed by atoms with Gasteiger partial charge in [-0.3, -0.25) is 0 Å². The summed E-state index contributed by atoms with van der Waals surface area (Å²) < 4.78 is 26.9. The number of hydrogen-bond acceptors (Lipinski definition) is 1. The maximum atomic E-state index is 13.1. The second kappa shape index (κ2) is 6.26. The summed E-state index contributed by atoms with van der Waals surface area (Å²) in [5.41, 5.74) is 1.85. The molecule has 19 heavy (non-hydrogen) atoms. The smallest absolute Gasteiger partial charge is 0.159 e. The molecule has 1 N–H and O–H groups in total. The number of benzene rings is 2. The van der Waals surface area contributed by atoms with Crippen LogP contribution in [-0.4, -0.2) is 0 Å². The summed E-state index contributed by atoms with van der Waals surface area (Å²) in [6.07, 6.45) is 0. The molecule has 0 aliphatic heterocycles. The average Bonchev–Trinajstić information content (AvgIpc) is 2.40. The second-order valence-electron chi connectivity index (χ2n) is 4.37. The zero-order chi connectivity index (χ0) is 13.8. The summed E-state index contributed by atoms with van der Waals surface area (Å²) in [5.74, 6) is -1.63. The van der Waals surface area contributed by atoms with Gasteiger partial charge in [0, 0.05) is 17.1 Å². The van der Waals surface area contributed by atoms with Gasteiger partial charge in [-0.15, -0.1) is 0 Å². The van der Waals surface area contributed by atoms with Gasteiger partial charge in [0.25, 0.3) is 0 Å². The van der Waals surface area contributed by atoms with E-state index in [2.05, 4.69) is 21.2 Å². The van der Waals surface area contributed by atoms with Crippen molar-refractivity contribution in [3.05, 3.63) is 69.7 Å². The summed E-state index contributed by atoms with van der Waals surface area (Å²) in [4.78, 5) is 0. The predicted molar refractivity (Wildman–Crippen MR) is 75.8 cm³/mol. The third-order valence-corrected chi connectivity index (χ3v) is 3.69. The van der Waals surface area contributed by atoms with Gasteiger partial charge in [-0.05, 0) is 36.2 Å². The van der Waals surface area contributed by atoms with E-state index in [0.29, 0.717) is 6.54 Å². The van der Waals surface area contributed by atoms with E-state index in [0.717, 1.165) is 21.7 Å². The first-order valence-electron chi connectivity index (χ1n) is 5.99. The number of nitrogens with one attached hydrogen (secondary N) is 1. The van der Waals surface area contributed by atoms with Crippen LogP contribution in [0.3, 0.4) is 0 Å². The molecular formula is C15H14BrF2N. The minimum Gasteiger partial charge on any atom is -0.306 e. The Morgan fingerprint density at radius 3 is 2.53 bits per heavy atom. The molecule has 0 saturated carbocycles. The standard InChI is InChI=1S/C15H14BrF2N/c1-10(12-4-2-3-5-13(12)16)19-9-11-6-7-14(17)15(18)8-11/h2-8,10,19H,9H2,1H3/t10-/m0/s1. The van der Waals surface area contributed by atoms with Crippen LogP contribution in [0, 0.1) is 11.6 Å². The molecule has 2 aromatic carbocycles. The van der Waals surface area contributed by atoms with Crippen LogP contribution in [0.2, 0.25) is 0 Å². The molecule has 2 aromatic rings. The molecule has 0 bridgehead atoms. The van der Waals surface area contributed by atoms with Crippen LogP contribution in [-0.2, 0) is 6.54 Å². The number of rotatable bonds is 4. The Balaban J connectivity index is 2.02. The number of halogens is 3. The maximum Gasteiger partial charge on any atom is 0.159 e. The molecule has 0 unspecified atom stereocenters. The molecular weight excluding hydrogens is 312 g/mol. The molecule has 2 rings (SSSR count). The van der Waals surface area contributed by atoms with Crippen molar-refractivity contribution in [2.45, 2.75) is 19.5 Å². The van der Waals surface area contributed by atoms with Gasteiger partial charge in [0.15, 0.2) is 11.6 Å². The van der Waals surface area contributed by atoms with E-state index in [9.17, 15) is 8.78 Å². The lowest BCUT2D eigenvalue weighted by Crippen LogP contribution is -2.18. The van der Waals surface area contributed by atoms with Crippen LogP contribution < -0.4 is 5.32 Å². The van der Waals surface area contributed by atoms with Crippen LogP contribution in [0.4, 0.5) is 8.78 Å². The minimum absolute atomic E-state index is 0.115. The molecule has 1 nitrogen and oxygen atoms in total. The molecule has 0 aromatic heterocycles. The van der Waals surface area contributed by atoms with Gasteiger partial charge in [-0.2, -0.15) is 0 Å². The van der Waals surface area contributed by atoms with E-state index >= 15 is 0 Å². The third-order valence-electron chi connectivity index (χ3n) is 2.97. The normalized spacial score (nSPS) is 12.4. The molecule has 100 valence electrons. The van der Waals surface area contributed by atoms with E-state index in [1.165, 1.54) is 6.07 Å². The van der Waals surface area contributed by atoms with Crippen molar-refractivity contribution in [2.75, 3.05) is 0 Å². The van der Waals surface area contributed by atoms with Gasteiger partial charge in [0.05, 0.1) is 0 Å². The van der Waals surface area contributed by atoms with Gasteiger partial charge < -0.3 is 5.32 Å². The topological polar surface area (TPSA) is 12.0 Å². The van der Waals surface area contributed by atoms with E-state index in [4.69, 9.17) is 0 Å². The second-order valence-corrected chi connectivity index (χ2v) is 5.23. The molecule has 0 aliphatic carbocycles. The largest absolute Gasteiger partial charge is 0.306 e. The highest BCUT2D eigenvalue weighted by Crippen LogP contribution is 2.23. The SMILES string of the molecule is C[C@H](NCc1ccc(F)c(F)c1)c1ccccc1Br. The van der Waals surface area contributed by atoms with Crippen molar-refractivity contribution < 1.29 is 8.78 Å². The molecule has 0 spiro atoms. The predicted octanol–water partition coefficient (Wildman–Crippen LogP) is 4.58. The lowest BCUT2D eigenvalue weighted by molar-refractivity contribution is 0.504. The lowest BCUT2D eigenvalue weighted by Gasteiger charge is -2.16. The lowest BCUT2D eigenvalue weighted by atomic mass is 10.1. The van der Waals surface area contributed by atoms with Crippen molar-refractivity contribution in [3.8, 4) is 0 Å². The van der Waals surface area contributed by atoms with Crippen LogP contribution in [0.1, 0.15) is 24.1 Å². The van der Waals surface area contributed by atoms with E-state index in [-0.39, 0.29) is 6.04 Å². The quantitative estimate of drug-likeness (QED) is 0.867. The monoisotopic (exact) mass is 325 g/mol. The minimum atomic E-state index is -0.817. The Morgan fingerprint density at radius 1 is 1.11 bits per heavy atom.